The third-order valence-electron chi connectivity index (χ3n) is 3.48. The lowest BCUT2D eigenvalue weighted by atomic mass is 9.94. The van der Waals surface area contributed by atoms with Gasteiger partial charge in [0.1, 0.15) is 5.82 Å². The number of halogens is 1. The van der Waals surface area contributed by atoms with E-state index in [2.05, 4.69) is 11.8 Å². The Morgan fingerprint density at radius 3 is 2.88 bits per heavy atom. The number of nitrogens with two attached hydrogens (primary N) is 1. The minimum absolute atomic E-state index is 0.140. The Hall–Kier alpha value is -1.29. The van der Waals surface area contributed by atoms with Crippen LogP contribution in [-0.4, -0.2) is 25.8 Å². The highest BCUT2D eigenvalue weighted by atomic mass is 19.1. The molecule has 1 aliphatic heterocycles. The summed E-state index contributed by atoms with van der Waals surface area (Å²) in [6, 6.07) is 4.56. The highest BCUT2D eigenvalue weighted by Crippen LogP contribution is 2.31. The van der Waals surface area contributed by atoms with Crippen LogP contribution in [0.3, 0.4) is 0 Å². The first-order chi connectivity index (χ1) is 8.04. The summed E-state index contributed by atoms with van der Waals surface area (Å²) in [6.07, 6.45) is 2.10. The number of piperidine rings is 1. The molecule has 4 heteroatoms. The Morgan fingerprint density at radius 1 is 1.47 bits per heavy atom. The molecule has 0 saturated carbocycles. The van der Waals surface area contributed by atoms with E-state index >= 15 is 0 Å². The van der Waals surface area contributed by atoms with Crippen molar-refractivity contribution in [3.8, 4) is 0 Å². The first-order valence-electron chi connectivity index (χ1n) is 5.89. The number of methoxy groups -OCH3 is 1. The van der Waals surface area contributed by atoms with Crippen LogP contribution in [0.15, 0.2) is 18.2 Å². The van der Waals surface area contributed by atoms with Gasteiger partial charge in [-0.2, -0.15) is 0 Å². The molecule has 1 fully saturated rings. The second-order valence-corrected chi connectivity index (χ2v) is 4.88. The second-order valence-electron chi connectivity index (χ2n) is 4.88. The van der Waals surface area contributed by atoms with Crippen LogP contribution in [0.1, 0.15) is 19.8 Å². The quantitative estimate of drug-likeness (QED) is 0.804. The molecule has 0 aliphatic carbocycles. The van der Waals surface area contributed by atoms with Gasteiger partial charge >= 0.3 is 0 Å². The lowest BCUT2D eigenvalue weighted by Gasteiger charge is -2.41. The van der Waals surface area contributed by atoms with Gasteiger partial charge in [-0.05, 0) is 38.0 Å². The molecule has 1 unspecified atom stereocenters. The average Bonchev–Trinajstić information content (AvgIpc) is 2.29. The number of hydrogen-bond donors (Lipinski definition) is 1. The standard InChI is InChI=1S/C13H19FN2O/c1-13(17-2)6-3-7-16(9-13)12-5-4-10(14)8-11(12)15/h4-5,8H,3,6-7,9,15H2,1-2H3. The Bertz CT molecular complexity index is 410. The summed E-state index contributed by atoms with van der Waals surface area (Å²) in [5, 5.41) is 0. The van der Waals surface area contributed by atoms with Crippen LogP contribution >= 0.6 is 0 Å². The molecule has 0 aromatic heterocycles. The van der Waals surface area contributed by atoms with Gasteiger partial charge < -0.3 is 15.4 Å². The lowest BCUT2D eigenvalue weighted by Crippen LogP contribution is -2.47. The summed E-state index contributed by atoms with van der Waals surface area (Å²) in [5.74, 6) is -0.294. The number of rotatable bonds is 2. The molecule has 0 spiro atoms. The number of benzene rings is 1. The zero-order valence-electron chi connectivity index (χ0n) is 10.4. The molecule has 2 rings (SSSR count). The molecule has 0 bridgehead atoms. The van der Waals surface area contributed by atoms with Crippen molar-refractivity contribution < 1.29 is 9.13 Å². The summed E-state index contributed by atoms with van der Waals surface area (Å²) in [6.45, 7) is 3.83. The molecule has 1 aromatic carbocycles. The van der Waals surface area contributed by atoms with Crippen molar-refractivity contribution >= 4 is 11.4 Å². The van der Waals surface area contributed by atoms with E-state index < -0.39 is 0 Å². The average molecular weight is 238 g/mol. The van der Waals surface area contributed by atoms with E-state index in [4.69, 9.17) is 10.5 Å². The van der Waals surface area contributed by atoms with E-state index in [0.29, 0.717) is 5.69 Å². The molecule has 1 aliphatic rings. The van der Waals surface area contributed by atoms with Gasteiger partial charge in [-0.1, -0.05) is 0 Å². The largest absolute Gasteiger partial charge is 0.397 e. The second kappa shape index (κ2) is 4.53. The van der Waals surface area contributed by atoms with Crippen LogP contribution < -0.4 is 10.6 Å². The first kappa shape index (κ1) is 12.2. The molecule has 0 radical (unpaired) electrons. The van der Waals surface area contributed by atoms with Gasteiger partial charge in [-0.15, -0.1) is 0 Å². The van der Waals surface area contributed by atoms with Crippen LogP contribution in [0.25, 0.3) is 0 Å². The van der Waals surface area contributed by atoms with Crippen molar-refractivity contribution in [1.29, 1.82) is 0 Å². The maximum absolute atomic E-state index is 13.0. The molecule has 17 heavy (non-hydrogen) atoms. The molecular formula is C13H19FN2O. The monoisotopic (exact) mass is 238 g/mol. The number of hydrogen-bond acceptors (Lipinski definition) is 3. The molecular weight excluding hydrogens is 219 g/mol. The maximum Gasteiger partial charge on any atom is 0.125 e. The van der Waals surface area contributed by atoms with Gasteiger partial charge in [0.05, 0.1) is 17.0 Å². The first-order valence-corrected chi connectivity index (χ1v) is 5.89. The van der Waals surface area contributed by atoms with Gasteiger partial charge in [-0.25, -0.2) is 4.39 Å². The van der Waals surface area contributed by atoms with E-state index in [0.717, 1.165) is 31.6 Å². The van der Waals surface area contributed by atoms with Gasteiger partial charge in [0.25, 0.3) is 0 Å². The van der Waals surface area contributed by atoms with Gasteiger partial charge in [0, 0.05) is 20.2 Å². The van der Waals surface area contributed by atoms with E-state index in [1.54, 1.807) is 13.2 Å². The zero-order chi connectivity index (χ0) is 12.5. The summed E-state index contributed by atoms with van der Waals surface area (Å²) >= 11 is 0. The topological polar surface area (TPSA) is 38.5 Å². The minimum Gasteiger partial charge on any atom is -0.397 e. The highest BCUT2D eigenvalue weighted by Gasteiger charge is 2.31. The van der Waals surface area contributed by atoms with Crippen molar-refractivity contribution in [3.05, 3.63) is 24.0 Å². The Kier molecular flexibility index (Phi) is 3.24. The van der Waals surface area contributed by atoms with Crippen molar-refractivity contribution in [2.45, 2.75) is 25.4 Å². The van der Waals surface area contributed by atoms with Crippen LogP contribution in [0.2, 0.25) is 0 Å². The molecule has 1 atom stereocenters. The molecule has 94 valence electrons. The Labute approximate surface area is 101 Å². The smallest absolute Gasteiger partial charge is 0.125 e. The van der Waals surface area contributed by atoms with E-state index in [-0.39, 0.29) is 11.4 Å². The van der Waals surface area contributed by atoms with E-state index in [1.807, 2.05) is 0 Å². The predicted molar refractivity (Wildman–Crippen MR) is 67.7 cm³/mol. The third kappa shape index (κ3) is 2.52. The fourth-order valence-corrected chi connectivity index (χ4v) is 2.39. The molecule has 0 amide bonds. The number of nitrogens with zero attached hydrogens (tertiary/aromatic N) is 1. The van der Waals surface area contributed by atoms with Crippen molar-refractivity contribution in [2.75, 3.05) is 30.8 Å². The van der Waals surface area contributed by atoms with E-state index in [9.17, 15) is 4.39 Å². The van der Waals surface area contributed by atoms with Crippen molar-refractivity contribution in [2.24, 2.45) is 0 Å². The molecule has 2 N–H and O–H groups in total. The molecule has 1 saturated heterocycles. The number of ether oxygens (including phenoxy) is 1. The predicted octanol–water partition coefficient (Wildman–Crippen LogP) is 2.41. The molecule has 1 aromatic rings. The summed E-state index contributed by atoms with van der Waals surface area (Å²) in [7, 11) is 1.73. The zero-order valence-corrected chi connectivity index (χ0v) is 10.4. The van der Waals surface area contributed by atoms with E-state index in [1.165, 1.54) is 12.1 Å². The Morgan fingerprint density at radius 2 is 2.24 bits per heavy atom. The van der Waals surface area contributed by atoms with Gasteiger partial charge in [0.15, 0.2) is 0 Å². The minimum atomic E-state index is -0.294. The number of anilines is 2. The third-order valence-corrected chi connectivity index (χ3v) is 3.48. The highest BCUT2D eigenvalue weighted by molar-refractivity contribution is 5.67. The summed E-state index contributed by atoms with van der Waals surface area (Å²) in [4.78, 5) is 2.17. The molecule has 3 nitrogen and oxygen atoms in total. The lowest BCUT2D eigenvalue weighted by molar-refractivity contribution is -0.00462. The SMILES string of the molecule is COC1(C)CCCN(c2ccc(F)cc2N)C1. The van der Waals surface area contributed by atoms with Gasteiger partial charge in [0.2, 0.25) is 0 Å². The maximum atomic E-state index is 13.0. The molecule has 1 heterocycles. The fraction of sp³-hybridized carbons (Fsp3) is 0.538. The van der Waals surface area contributed by atoms with Crippen LogP contribution in [0.5, 0.6) is 0 Å². The summed E-state index contributed by atoms with van der Waals surface area (Å²) in [5.41, 5.74) is 7.11. The van der Waals surface area contributed by atoms with Crippen LogP contribution in [-0.2, 0) is 4.74 Å². The normalized spacial score (nSPS) is 25.0. The fourth-order valence-electron chi connectivity index (χ4n) is 2.39. The van der Waals surface area contributed by atoms with Crippen LogP contribution in [0.4, 0.5) is 15.8 Å². The van der Waals surface area contributed by atoms with Crippen LogP contribution in [0, 0.1) is 5.82 Å². The number of nitrogen functional groups attached to an aromatic ring is 1. The summed E-state index contributed by atoms with van der Waals surface area (Å²) < 4.78 is 18.5. The van der Waals surface area contributed by atoms with Crippen molar-refractivity contribution in [3.63, 3.8) is 0 Å². The van der Waals surface area contributed by atoms with Crippen molar-refractivity contribution in [1.82, 2.24) is 0 Å². The Balaban J connectivity index is 2.22. The van der Waals surface area contributed by atoms with Gasteiger partial charge in [-0.3, -0.25) is 0 Å².